The van der Waals surface area contributed by atoms with Crippen LogP contribution in [0.1, 0.15) is 19.8 Å². The molecule has 6 heteroatoms. The summed E-state index contributed by atoms with van der Waals surface area (Å²) in [5.41, 5.74) is 0. The lowest BCUT2D eigenvalue weighted by molar-refractivity contribution is -0.139. The van der Waals surface area contributed by atoms with Gasteiger partial charge >= 0.3 is 6.18 Å². The molecule has 0 rings (SSSR count). The van der Waals surface area contributed by atoms with E-state index in [1.54, 1.807) is 0 Å². The van der Waals surface area contributed by atoms with Crippen LogP contribution in [0.25, 0.3) is 0 Å². The highest BCUT2D eigenvalue weighted by atomic mass is 19.4. The Morgan fingerprint density at radius 3 is 2.47 bits per heavy atom. The molecule has 0 aromatic carbocycles. The van der Waals surface area contributed by atoms with Gasteiger partial charge in [0.2, 0.25) is 0 Å². The number of methoxy groups -OCH3 is 1. The van der Waals surface area contributed by atoms with Crippen molar-refractivity contribution >= 4 is 0 Å². The van der Waals surface area contributed by atoms with Crippen molar-refractivity contribution in [2.75, 3.05) is 20.3 Å². The minimum absolute atomic E-state index is 0.204. The largest absolute Gasteiger partial charge is 0.391 e. The first kappa shape index (κ1) is 14.7. The first-order valence-corrected chi connectivity index (χ1v) is 4.82. The molecule has 0 radical (unpaired) electrons. The summed E-state index contributed by atoms with van der Waals surface area (Å²) in [4.78, 5) is 0. The molecule has 2 unspecified atom stereocenters. The lowest BCUT2D eigenvalue weighted by atomic mass is 10.2. The van der Waals surface area contributed by atoms with Crippen LogP contribution in [0.4, 0.5) is 13.2 Å². The fourth-order valence-electron chi connectivity index (χ4n) is 1.19. The van der Waals surface area contributed by atoms with E-state index in [1.807, 2.05) is 0 Å². The summed E-state index contributed by atoms with van der Waals surface area (Å²) in [6, 6.07) is -0.625. The van der Waals surface area contributed by atoms with Gasteiger partial charge in [0, 0.05) is 13.2 Å². The van der Waals surface area contributed by atoms with Crippen molar-refractivity contribution in [3.8, 4) is 0 Å². The van der Waals surface area contributed by atoms with Crippen LogP contribution < -0.4 is 5.32 Å². The molecule has 0 aromatic heterocycles. The Labute approximate surface area is 87.6 Å². The summed E-state index contributed by atoms with van der Waals surface area (Å²) < 4.78 is 40.4. The smallest absolute Gasteiger partial charge is 0.390 e. The molecule has 92 valence electrons. The summed E-state index contributed by atoms with van der Waals surface area (Å²) in [6.45, 7) is 2.02. The van der Waals surface area contributed by atoms with Crippen LogP contribution in [-0.4, -0.2) is 43.7 Å². The van der Waals surface area contributed by atoms with Gasteiger partial charge in [-0.05, 0) is 19.9 Å². The zero-order valence-corrected chi connectivity index (χ0v) is 8.97. The number of aliphatic hydroxyl groups excluding tert-OH is 1. The second-order valence-electron chi connectivity index (χ2n) is 3.57. The van der Waals surface area contributed by atoms with Crippen LogP contribution in [-0.2, 0) is 4.74 Å². The average Bonchev–Trinajstić information content (AvgIpc) is 2.00. The van der Waals surface area contributed by atoms with Gasteiger partial charge in [-0.3, -0.25) is 0 Å². The van der Waals surface area contributed by atoms with E-state index in [0.717, 1.165) is 0 Å². The Morgan fingerprint density at radius 1 is 1.40 bits per heavy atom. The topological polar surface area (TPSA) is 41.5 Å². The van der Waals surface area contributed by atoms with Gasteiger partial charge in [-0.1, -0.05) is 0 Å². The maximum Gasteiger partial charge on any atom is 0.390 e. The van der Waals surface area contributed by atoms with Gasteiger partial charge < -0.3 is 15.2 Å². The Morgan fingerprint density at radius 2 is 2.00 bits per heavy atom. The van der Waals surface area contributed by atoms with E-state index in [1.165, 1.54) is 14.0 Å². The molecule has 0 saturated heterocycles. The van der Waals surface area contributed by atoms with Crippen molar-refractivity contribution in [3.63, 3.8) is 0 Å². The second kappa shape index (κ2) is 7.03. The highest BCUT2D eigenvalue weighted by Gasteiger charge is 2.29. The standard InChI is InChI=1S/C9H18F3NO2/c1-7(5-9(10,11)12)13-4-3-8(14)6-15-2/h7-8,13-14H,3-6H2,1-2H3. The predicted octanol–water partition coefficient (Wildman–Crippen LogP) is 1.31. The fraction of sp³-hybridized carbons (Fsp3) is 1.00. The number of ether oxygens (including phenoxy) is 1. The Hall–Kier alpha value is -0.330. The molecule has 0 aliphatic carbocycles. The zero-order valence-electron chi connectivity index (χ0n) is 8.97. The highest BCUT2D eigenvalue weighted by molar-refractivity contribution is 4.66. The summed E-state index contributed by atoms with van der Waals surface area (Å²) in [7, 11) is 1.46. The number of halogens is 3. The number of alkyl halides is 3. The number of nitrogens with one attached hydrogen (secondary N) is 1. The molecule has 0 bridgehead atoms. The third-order valence-corrected chi connectivity index (χ3v) is 1.87. The maximum absolute atomic E-state index is 11.9. The van der Waals surface area contributed by atoms with E-state index in [-0.39, 0.29) is 6.61 Å². The third kappa shape index (κ3) is 9.96. The van der Waals surface area contributed by atoms with Crippen LogP contribution in [0.3, 0.4) is 0 Å². The van der Waals surface area contributed by atoms with Gasteiger partial charge in [-0.15, -0.1) is 0 Å². The highest BCUT2D eigenvalue weighted by Crippen LogP contribution is 2.21. The van der Waals surface area contributed by atoms with E-state index in [9.17, 15) is 18.3 Å². The molecule has 0 spiro atoms. The quantitative estimate of drug-likeness (QED) is 0.691. The van der Waals surface area contributed by atoms with Gasteiger partial charge in [0.05, 0.1) is 19.1 Å². The van der Waals surface area contributed by atoms with Crippen LogP contribution in [0.15, 0.2) is 0 Å². The lowest BCUT2D eigenvalue weighted by Gasteiger charge is -2.16. The minimum atomic E-state index is -4.14. The van der Waals surface area contributed by atoms with Crippen LogP contribution in [0.5, 0.6) is 0 Å². The van der Waals surface area contributed by atoms with Crippen molar-refractivity contribution in [2.24, 2.45) is 0 Å². The monoisotopic (exact) mass is 229 g/mol. The number of hydrogen-bond acceptors (Lipinski definition) is 3. The summed E-state index contributed by atoms with van der Waals surface area (Å²) in [6.07, 6.45) is -5.23. The molecular weight excluding hydrogens is 211 g/mol. The van der Waals surface area contributed by atoms with Crippen molar-refractivity contribution in [1.82, 2.24) is 5.32 Å². The second-order valence-corrected chi connectivity index (χ2v) is 3.57. The van der Waals surface area contributed by atoms with E-state index < -0.39 is 24.7 Å². The van der Waals surface area contributed by atoms with Gasteiger partial charge in [-0.25, -0.2) is 0 Å². The molecule has 0 aromatic rings. The third-order valence-electron chi connectivity index (χ3n) is 1.87. The van der Waals surface area contributed by atoms with Crippen LogP contribution in [0.2, 0.25) is 0 Å². The zero-order chi connectivity index (χ0) is 11.9. The molecule has 0 fully saturated rings. The molecule has 0 aliphatic rings. The Balaban J connectivity index is 3.50. The summed E-state index contributed by atoms with van der Waals surface area (Å²) in [5.74, 6) is 0. The number of hydrogen-bond donors (Lipinski definition) is 2. The van der Waals surface area contributed by atoms with E-state index in [2.05, 4.69) is 10.1 Å². The Kier molecular flexibility index (Phi) is 6.87. The molecule has 0 heterocycles. The normalized spacial score (nSPS) is 16.4. The van der Waals surface area contributed by atoms with Gasteiger partial charge in [0.1, 0.15) is 0 Å². The van der Waals surface area contributed by atoms with E-state index in [4.69, 9.17) is 0 Å². The SMILES string of the molecule is COCC(O)CCNC(C)CC(F)(F)F. The van der Waals surface area contributed by atoms with Crippen molar-refractivity contribution in [3.05, 3.63) is 0 Å². The first-order valence-electron chi connectivity index (χ1n) is 4.82. The Bertz CT molecular complexity index is 164. The number of aliphatic hydroxyl groups is 1. The van der Waals surface area contributed by atoms with Crippen molar-refractivity contribution in [1.29, 1.82) is 0 Å². The molecule has 3 nitrogen and oxygen atoms in total. The summed E-state index contributed by atoms with van der Waals surface area (Å²) >= 11 is 0. The van der Waals surface area contributed by atoms with Gasteiger partial charge in [0.15, 0.2) is 0 Å². The molecule has 2 N–H and O–H groups in total. The first-order chi connectivity index (χ1) is 6.85. The number of rotatable bonds is 7. The van der Waals surface area contributed by atoms with Crippen LogP contribution >= 0.6 is 0 Å². The van der Waals surface area contributed by atoms with E-state index >= 15 is 0 Å². The minimum Gasteiger partial charge on any atom is -0.391 e. The van der Waals surface area contributed by atoms with Gasteiger partial charge in [0.25, 0.3) is 0 Å². The van der Waals surface area contributed by atoms with Crippen LogP contribution in [0, 0.1) is 0 Å². The fourth-order valence-corrected chi connectivity index (χ4v) is 1.19. The maximum atomic E-state index is 11.9. The van der Waals surface area contributed by atoms with E-state index in [0.29, 0.717) is 13.0 Å². The molecule has 2 atom stereocenters. The molecule has 0 aliphatic heterocycles. The van der Waals surface area contributed by atoms with Gasteiger partial charge in [-0.2, -0.15) is 13.2 Å². The molecular formula is C9H18F3NO2. The predicted molar refractivity (Wildman–Crippen MR) is 50.6 cm³/mol. The lowest BCUT2D eigenvalue weighted by Crippen LogP contribution is -2.33. The summed E-state index contributed by atoms with van der Waals surface area (Å²) in [5, 5.41) is 11.9. The molecule has 0 saturated carbocycles. The average molecular weight is 229 g/mol. The molecule has 15 heavy (non-hydrogen) atoms. The molecule has 0 amide bonds. The van der Waals surface area contributed by atoms with Crippen molar-refractivity contribution < 1.29 is 23.0 Å². The van der Waals surface area contributed by atoms with Crippen molar-refractivity contribution in [2.45, 2.75) is 38.1 Å².